The van der Waals surface area contributed by atoms with Gasteiger partial charge in [0.15, 0.2) is 6.29 Å². The molecule has 0 radical (unpaired) electrons. The van der Waals surface area contributed by atoms with Crippen LogP contribution in [0, 0.1) is 52.3 Å². The van der Waals surface area contributed by atoms with Crippen LogP contribution in [0.4, 0.5) is 0 Å². The van der Waals surface area contributed by atoms with Crippen LogP contribution in [0.1, 0.15) is 203 Å². The molecule has 340 valence electrons. The number of ether oxygens (including phenoxy) is 3. The van der Waals surface area contributed by atoms with Crippen molar-refractivity contribution in [2.45, 2.75) is 239 Å². The first kappa shape index (κ1) is 48.8. The Labute approximate surface area is 361 Å². The second-order valence-electron chi connectivity index (χ2n) is 21.1. The lowest BCUT2D eigenvalue weighted by molar-refractivity contribution is -0.313. The van der Waals surface area contributed by atoms with Gasteiger partial charge in [-0.3, -0.25) is 4.79 Å². The van der Waals surface area contributed by atoms with Gasteiger partial charge in [-0.25, -0.2) is 0 Å². The van der Waals surface area contributed by atoms with E-state index in [1.54, 1.807) is 0 Å². The van der Waals surface area contributed by atoms with Crippen LogP contribution < -0.4 is 0 Å². The fourth-order valence-electron chi connectivity index (χ4n) is 13.0. The van der Waals surface area contributed by atoms with Crippen LogP contribution in [-0.2, 0) is 19.0 Å². The number of esters is 1. The Hall–Kier alpha value is -1.25. The molecule has 4 fully saturated rings. The van der Waals surface area contributed by atoms with Gasteiger partial charge in [-0.15, -0.1) is 0 Å². The largest absolute Gasteiger partial charge is 0.463 e. The van der Waals surface area contributed by atoms with Gasteiger partial charge in [0.05, 0.1) is 6.10 Å². The van der Waals surface area contributed by atoms with E-state index in [1.165, 1.54) is 108 Å². The second-order valence-corrected chi connectivity index (χ2v) is 21.1. The normalized spacial score (nSPS) is 36.8. The quantitative estimate of drug-likeness (QED) is 0.0505. The Morgan fingerprint density at radius 1 is 0.797 bits per heavy atom. The average molecular weight is 827 g/mol. The number of carbonyl (C=O) groups is 1. The highest BCUT2D eigenvalue weighted by atomic mass is 16.7. The van der Waals surface area contributed by atoms with Gasteiger partial charge in [-0.1, -0.05) is 156 Å². The Morgan fingerprint density at radius 2 is 1.44 bits per heavy atom. The van der Waals surface area contributed by atoms with Gasteiger partial charge in [0.1, 0.15) is 31.0 Å². The van der Waals surface area contributed by atoms with Crippen LogP contribution in [-0.4, -0.2) is 64.7 Å². The summed E-state index contributed by atoms with van der Waals surface area (Å²) in [4.78, 5) is 12.6. The van der Waals surface area contributed by atoms with Gasteiger partial charge in [0.2, 0.25) is 0 Å². The summed E-state index contributed by atoms with van der Waals surface area (Å²) in [7, 11) is 0. The summed E-state index contributed by atoms with van der Waals surface area (Å²) < 4.78 is 18.0. The monoisotopic (exact) mass is 827 g/mol. The topological polar surface area (TPSA) is 105 Å². The van der Waals surface area contributed by atoms with E-state index in [1.807, 2.05) is 0 Å². The van der Waals surface area contributed by atoms with E-state index in [2.05, 4.69) is 66.7 Å². The number of allylic oxidation sites excluding steroid dienone is 3. The summed E-state index contributed by atoms with van der Waals surface area (Å²) in [5.41, 5.74) is 2.05. The number of aliphatic hydroxyl groups excluding tert-OH is 3. The molecule has 7 heteroatoms. The van der Waals surface area contributed by atoms with Gasteiger partial charge in [-0.2, -0.15) is 0 Å². The van der Waals surface area contributed by atoms with E-state index in [-0.39, 0.29) is 24.1 Å². The molecular weight excluding hydrogens is 737 g/mol. The van der Waals surface area contributed by atoms with Crippen LogP contribution in [0.15, 0.2) is 23.8 Å². The van der Waals surface area contributed by atoms with Crippen molar-refractivity contribution in [3.05, 3.63) is 23.8 Å². The molecule has 0 aromatic heterocycles. The number of carbonyl (C=O) groups excluding carboxylic acids is 1. The predicted molar refractivity (Wildman–Crippen MR) is 240 cm³/mol. The molecule has 3 saturated carbocycles. The van der Waals surface area contributed by atoms with E-state index < -0.39 is 30.7 Å². The zero-order valence-electron chi connectivity index (χ0n) is 38.9. The number of fused-ring (bicyclic) bond motifs is 5. The summed E-state index contributed by atoms with van der Waals surface area (Å²) in [6, 6.07) is 0. The molecule has 0 aromatic rings. The third kappa shape index (κ3) is 12.5. The van der Waals surface area contributed by atoms with Gasteiger partial charge < -0.3 is 29.5 Å². The molecule has 1 aliphatic heterocycles. The van der Waals surface area contributed by atoms with Crippen molar-refractivity contribution in [3.8, 4) is 0 Å². The number of hydrogen-bond donors (Lipinski definition) is 3. The molecule has 0 bridgehead atoms. The molecule has 1 saturated heterocycles. The fraction of sp³-hybridized carbons (Fsp3) is 0.904. The van der Waals surface area contributed by atoms with E-state index in [4.69, 9.17) is 14.2 Å². The van der Waals surface area contributed by atoms with Crippen molar-refractivity contribution in [1.82, 2.24) is 0 Å². The predicted octanol–water partition coefficient (Wildman–Crippen LogP) is 12.0. The number of hydrogen-bond acceptors (Lipinski definition) is 7. The maximum absolute atomic E-state index is 12.6. The van der Waals surface area contributed by atoms with Crippen molar-refractivity contribution in [2.75, 3.05) is 6.61 Å². The van der Waals surface area contributed by atoms with Crippen LogP contribution in [0.3, 0.4) is 0 Å². The zero-order valence-corrected chi connectivity index (χ0v) is 38.9. The second kappa shape index (κ2) is 23.4. The van der Waals surface area contributed by atoms with Gasteiger partial charge in [0.25, 0.3) is 0 Å². The summed E-state index contributed by atoms with van der Waals surface area (Å²) in [6.45, 7) is 16.7. The van der Waals surface area contributed by atoms with Crippen molar-refractivity contribution in [1.29, 1.82) is 0 Å². The molecule has 0 amide bonds. The lowest BCUT2D eigenvalue weighted by Crippen LogP contribution is -2.60. The molecule has 1 heterocycles. The summed E-state index contributed by atoms with van der Waals surface area (Å²) >= 11 is 0. The average Bonchev–Trinajstić information content (AvgIpc) is 3.58. The summed E-state index contributed by atoms with van der Waals surface area (Å²) in [6.07, 6.45) is 29.6. The van der Waals surface area contributed by atoms with E-state index >= 15 is 0 Å². The Balaban J connectivity index is 1.03. The smallest absolute Gasteiger partial charge is 0.305 e. The third-order valence-electron chi connectivity index (χ3n) is 16.9. The zero-order chi connectivity index (χ0) is 42.6. The van der Waals surface area contributed by atoms with Crippen LogP contribution in [0.5, 0.6) is 0 Å². The first-order valence-corrected chi connectivity index (χ1v) is 25.2. The number of aliphatic hydroxyl groups is 3. The van der Waals surface area contributed by atoms with E-state index in [0.29, 0.717) is 35.5 Å². The highest BCUT2D eigenvalue weighted by Crippen LogP contribution is 2.67. The molecule has 0 aromatic carbocycles. The molecule has 14 unspecified atom stereocenters. The lowest BCUT2D eigenvalue weighted by atomic mass is 9.47. The molecule has 5 aliphatic rings. The first-order chi connectivity index (χ1) is 28.3. The minimum absolute atomic E-state index is 0.147. The highest BCUT2D eigenvalue weighted by molar-refractivity contribution is 5.69. The molecular formula is C52H90O7. The maximum atomic E-state index is 12.6. The van der Waals surface area contributed by atoms with E-state index in [0.717, 1.165) is 62.7 Å². The van der Waals surface area contributed by atoms with Crippen molar-refractivity contribution >= 4 is 5.97 Å². The number of rotatable bonds is 24. The Morgan fingerprint density at radius 3 is 2.07 bits per heavy atom. The SMILES string of the molecule is CCCCCCCCCCCCCCCCC(=O)OCC1OC(OC2CCC3(C)C(=CCC4C3CCC3(C)C(C(C)/C=C/C(CC)C(C)C)CCC43)C2)C(O)C(O)C1O. The Kier molecular flexibility index (Phi) is 19.4. The van der Waals surface area contributed by atoms with Crippen molar-refractivity contribution in [3.63, 3.8) is 0 Å². The van der Waals surface area contributed by atoms with E-state index in [9.17, 15) is 20.1 Å². The van der Waals surface area contributed by atoms with Crippen molar-refractivity contribution in [2.24, 2.45) is 52.3 Å². The van der Waals surface area contributed by atoms with Gasteiger partial charge in [0, 0.05) is 6.42 Å². The van der Waals surface area contributed by atoms with Crippen LogP contribution in [0.2, 0.25) is 0 Å². The minimum Gasteiger partial charge on any atom is -0.463 e. The molecule has 5 rings (SSSR count). The maximum Gasteiger partial charge on any atom is 0.305 e. The van der Waals surface area contributed by atoms with Gasteiger partial charge >= 0.3 is 5.97 Å². The highest BCUT2D eigenvalue weighted by Gasteiger charge is 2.59. The standard InChI is InChI=1S/C52H90O7/c1-8-10-11-12-13-14-15-16-17-18-19-20-21-22-23-46(53)57-35-45-47(54)48(55)49(56)50(59-45)58-40-30-32-51(6)39(34-40)26-27-41-43-29-28-42(52(43,7)33-31-44(41)51)37(5)24-25-38(9-2)36(3)4/h24-26,36-38,40-45,47-50,54-56H,8-23,27-35H2,1-7H3/b25-24+. The molecule has 7 nitrogen and oxygen atoms in total. The van der Waals surface area contributed by atoms with Gasteiger partial charge in [-0.05, 0) is 116 Å². The molecule has 3 N–H and O–H groups in total. The number of unbranched alkanes of at least 4 members (excludes halogenated alkanes) is 13. The third-order valence-corrected chi connectivity index (χ3v) is 16.9. The molecule has 14 atom stereocenters. The van der Waals surface area contributed by atoms with Crippen molar-refractivity contribution < 1.29 is 34.3 Å². The minimum atomic E-state index is -1.44. The molecule has 4 aliphatic carbocycles. The summed E-state index contributed by atoms with van der Waals surface area (Å²) in [5.74, 6) is 4.62. The first-order valence-electron chi connectivity index (χ1n) is 25.2. The van der Waals surface area contributed by atoms with Crippen LogP contribution in [0.25, 0.3) is 0 Å². The van der Waals surface area contributed by atoms with Crippen LogP contribution >= 0.6 is 0 Å². The Bertz CT molecular complexity index is 1310. The molecule has 59 heavy (non-hydrogen) atoms. The summed E-state index contributed by atoms with van der Waals surface area (Å²) in [5, 5.41) is 32.5. The fourth-order valence-corrected chi connectivity index (χ4v) is 13.0. The molecule has 0 spiro atoms. The lowest BCUT2D eigenvalue weighted by Gasteiger charge is -2.58.